The SMILES string of the molecule is O=C(NNn1ccc2cc([N+](=O)[O-])ccc21)c1cccnc1. The minimum Gasteiger partial charge on any atom is -0.267 e. The Labute approximate surface area is 124 Å². The molecule has 0 fully saturated rings. The Morgan fingerprint density at radius 3 is 2.86 bits per heavy atom. The average molecular weight is 297 g/mol. The molecule has 1 aromatic carbocycles. The van der Waals surface area contributed by atoms with Crippen molar-refractivity contribution in [1.29, 1.82) is 0 Å². The molecule has 0 aliphatic heterocycles. The van der Waals surface area contributed by atoms with Gasteiger partial charge in [0.2, 0.25) is 0 Å². The third kappa shape index (κ3) is 2.57. The molecule has 0 saturated heterocycles. The Kier molecular flexibility index (Phi) is 3.40. The summed E-state index contributed by atoms with van der Waals surface area (Å²) in [4.78, 5) is 26.1. The molecule has 2 N–H and O–H groups in total. The first kappa shape index (κ1) is 13.6. The molecule has 0 unspecified atom stereocenters. The smallest absolute Gasteiger partial charge is 0.267 e. The second kappa shape index (κ2) is 5.52. The van der Waals surface area contributed by atoms with Gasteiger partial charge in [-0.3, -0.25) is 25.3 Å². The van der Waals surface area contributed by atoms with Gasteiger partial charge >= 0.3 is 0 Å². The van der Waals surface area contributed by atoms with Crippen LogP contribution < -0.4 is 11.0 Å². The number of hydrogen-bond donors (Lipinski definition) is 2. The Morgan fingerprint density at radius 2 is 2.14 bits per heavy atom. The first-order valence-corrected chi connectivity index (χ1v) is 6.37. The summed E-state index contributed by atoms with van der Waals surface area (Å²) >= 11 is 0. The van der Waals surface area contributed by atoms with Gasteiger partial charge in [0.1, 0.15) is 0 Å². The molecule has 0 radical (unpaired) electrons. The summed E-state index contributed by atoms with van der Waals surface area (Å²) in [5.41, 5.74) is 6.41. The van der Waals surface area contributed by atoms with E-state index in [1.54, 1.807) is 41.3 Å². The third-order valence-electron chi connectivity index (χ3n) is 3.10. The maximum atomic E-state index is 11.9. The van der Waals surface area contributed by atoms with Crippen molar-refractivity contribution in [2.75, 3.05) is 5.53 Å². The molecular weight excluding hydrogens is 286 g/mol. The molecule has 2 heterocycles. The highest BCUT2D eigenvalue weighted by molar-refractivity contribution is 5.94. The fraction of sp³-hybridized carbons (Fsp3) is 0. The molecule has 0 aliphatic rings. The van der Waals surface area contributed by atoms with E-state index in [2.05, 4.69) is 15.9 Å². The molecule has 0 spiro atoms. The number of pyridine rings is 1. The monoisotopic (exact) mass is 297 g/mol. The lowest BCUT2D eigenvalue weighted by molar-refractivity contribution is -0.384. The van der Waals surface area contributed by atoms with Crippen molar-refractivity contribution < 1.29 is 9.72 Å². The van der Waals surface area contributed by atoms with Gasteiger partial charge in [-0.1, -0.05) is 0 Å². The number of amides is 1. The predicted molar refractivity (Wildman–Crippen MR) is 79.7 cm³/mol. The van der Waals surface area contributed by atoms with Gasteiger partial charge in [-0.05, 0) is 24.3 Å². The second-order valence-corrected chi connectivity index (χ2v) is 4.49. The van der Waals surface area contributed by atoms with Gasteiger partial charge < -0.3 is 0 Å². The van der Waals surface area contributed by atoms with Gasteiger partial charge in [-0.2, -0.15) is 0 Å². The molecule has 0 saturated carbocycles. The maximum Gasteiger partial charge on any atom is 0.272 e. The molecule has 0 aliphatic carbocycles. The summed E-state index contributed by atoms with van der Waals surface area (Å²) in [6, 6.07) is 9.50. The van der Waals surface area contributed by atoms with E-state index < -0.39 is 4.92 Å². The Hall–Kier alpha value is -3.42. The summed E-state index contributed by atoms with van der Waals surface area (Å²) in [7, 11) is 0. The van der Waals surface area contributed by atoms with E-state index in [1.807, 2.05) is 0 Å². The molecule has 3 rings (SSSR count). The normalized spacial score (nSPS) is 10.4. The van der Waals surface area contributed by atoms with E-state index in [-0.39, 0.29) is 11.6 Å². The molecule has 22 heavy (non-hydrogen) atoms. The van der Waals surface area contributed by atoms with E-state index in [4.69, 9.17) is 0 Å². The van der Waals surface area contributed by atoms with E-state index in [1.165, 1.54) is 18.3 Å². The first-order valence-electron chi connectivity index (χ1n) is 6.37. The Bertz CT molecular complexity index is 844. The average Bonchev–Trinajstić information content (AvgIpc) is 2.95. The number of nitro benzene ring substituents is 1. The summed E-state index contributed by atoms with van der Waals surface area (Å²) in [6.45, 7) is 0. The van der Waals surface area contributed by atoms with Gasteiger partial charge in [0.05, 0.1) is 16.0 Å². The molecule has 0 bridgehead atoms. The molecule has 2 aromatic heterocycles. The minimum absolute atomic E-state index is 0.0182. The highest BCUT2D eigenvalue weighted by atomic mass is 16.6. The zero-order valence-corrected chi connectivity index (χ0v) is 11.3. The zero-order valence-electron chi connectivity index (χ0n) is 11.3. The number of fused-ring (bicyclic) bond motifs is 1. The van der Waals surface area contributed by atoms with Crippen molar-refractivity contribution in [1.82, 2.24) is 15.1 Å². The first-order chi connectivity index (χ1) is 10.6. The summed E-state index contributed by atoms with van der Waals surface area (Å²) < 4.78 is 1.56. The van der Waals surface area contributed by atoms with Crippen LogP contribution in [0.1, 0.15) is 10.4 Å². The Balaban J connectivity index is 1.77. The van der Waals surface area contributed by atoms with Crippen LogP contribution in [-0.2, 0) is 0 Å². The van der Waals surface area contributed by atoms with E-state index in [0.717, 1.165) is 0 Å². The highest BCUT2D eigenvalue weighted by Gasteiger charge is 2.09. The number of hydrogen-bond acceptors (Lipinski definition) is 5. The van der Waals surface area contributed by atoms with Crippen LogP contribution in [0, 0.1) is 10.1 Å². The van der Waals surface area contributed by atoms with Crippen molar-refractivity contribution in [2.24, 2.45) is 0 Å². The van der Waals surface area contributed by atoms with Crippen LogP contribution in [-0.4, -0.2) is 20.5 Å². The van der Waals surface area contributed by atoms with Gasteiger partial charge in [0.15, 0.2) is 0 Å². The van der Waals surface area contributed by atoms with Crippen molar-refractivity contribution in [3.63, 3.8) is 0 Å². The van der Waals surface area contributed by atoms with Gasteiger partial charge in [0.25, 0.3) is 11.6 Å². The molecule has 1 amide bonds. The maximum absolute atomic E-state index is 11.9. The van der Waals surface area contributed by atoms with Crippen LogP contribution in [0.4, 0.5) is 5.69 Å². The predicted octanol–water partition coefficient (Wildman–Crippen LogP) is 1.83. The van der Waals surface area contributed by atoms with Crippen molar-refractivity contribution in [2.45, 2.75) is 0 Å². The van der Waals surface area contributed by atoms with Gasteiger partial charge in [-0.15, -0.1) is 0 Å². The highest BCUT2D eigenvalue weighted by Crippen LogP contribution is 2.20. The number of nitrogens with zero attached hydrogens (tertiary/aromatic N) is 3. The van der Waals surface area contributed by atoms with Crippen LogP contribution in [0.3, 0.4) is 0 Å². The Morgan fingerprint density at radius 1 is 1.27 bits per heavy atom. The number of rotatable bonds is 4. The van der Waals surface area contributed by atoms with Crippen LogP contribution in [0.15, 0.2) is 55.0 Å². The number of nitro groups is 1. The number of hydrazine groups is 1. The second-order valence-electron chi connectivity index (χ2n) is 4.49. The van der Waals surface area contributed by atoms with Crippen LogP contribution in [0.5, 0.6) is 0 Å². The molecule has 0 atom stereocenters. The summed E-state index contributed by atoms with van der Waals surface area (Å²) in [5, 5.41) is 11.4. The number of carbonyl (C=O) groups is 1. The van der Waals surface area contributed by atoms with Crippen LogP contribution in [0.2, 0.25) is 0 Å². The lowest BCUT2D eigenvalue weighted by atomic mass is 10.2. The van der Waals surface area contributed by atoms with Crippen LogP contribution in [0.25, 0.3) is 10.9 Å². The number of non-ortho nitro benzene ring substituents is 1. The molecule has 110 valence electrons. The number of aromatic nitrogens is 2. The fourth-order valence-electron chi connectivity index (χ4n) is 2.02. The zero-order chi connectivity index (χ0) is 15.5. The number of benzene rings is 1. The van der Waals surface area contributed by atoms with Crippen molar-refractivity contribution in [3.8, 4) is 0 Å². The lowest BCUT2D eigenvalue weighted by Gasteiger charge is -2.10. The summed E-state index contributed by atoms with van der Waals surface area (Å²) in [6.07, 6.45) is 4.70. The van der Waals surface area contributed by atoms with Gasteiger partial charge in [0, 0.05) is 36.1 Å². The standard InChI is InChI=1S/C14H11N5O3/c20-14(11-2-1-6-15-9-11)16-17-18-7-5-10-8-12(19(21)22)3-4-13(10)18/h1-9,17H,(H,16,20). The topological polar surface area (TPSA) is 102 Å². The summed E-state index contributed by atoms with van der Waals surface area (Å²) in [5.74, 6) is -0.336. The minimum atomic E-state index is -0.450. The molecule has 8 heteroatoms. The quantitative estimate of drug-likeness (QED) is 0.565. The van der Waals surface area contributed by atoms with E-state index in [9.17, 15) is 14.9 Å². The number of nitrogens with one attached hydrogen (secondary N) is 2. The van der Waals surface area contributed by atoms with E-state index >= 15 is 0 Å². The molecule has 8 nitrogen and oxygen atoms in total. The number of carbonyl (C=O) groups excluding carboxylic acids is 1. The van der Waals surface area contributed by atoms with E-state index in [0.29, 0.717) is 16.5 Å². The third-order valence-corrected chi connectivity index (χ3v) is 3.10. The largest absolute Gasteiger partial charge is 0.272 e. The van der Waals surface area contributed by atoms with Crippen molar-refractivity contribution >= 4 is 22.5 Å². The van der Waals surface area contributed by atoms with Gasteiger partial charge in [-0.25, -0.2) is 10.2 Å². The molecule has 3 aromatic rings. The van der Waals surface area contributed by atoms with Crippen LogP contribution >= 0.6 is 0 Å². The molecular formula is C14H11N5O3. The van der Waals surface area contributed by atoms with Crippen molar-refractivity contribution in [3.05, 3.63) is 70.7 Å². The lowest BCUT2D eigenvalue weighted by Crippen LogP contribution is -2.35. The fourth-order valence-corrected chi connectivity index (χ4v) is 2.02.